The molecule has 0 aliphatic heterocycles. The third-order valence-corrected chi connectivity index (χ3v) is 5.41. The predicted octanol–water partition coefficient (Wildman–Crippen LogP) is 6.21. The molecule has 0 atom stereocenters. The zero-order valence-corrected chi connectivity index (χ0v) is 18.7. The lowest BCUT2D eigenvalue weighted by molar-refractivity contribution is -0.118. The summed E-state index contributed by atoms with van der Waals surface area (Å²) in [6, 6.07) is 21.3. The summed E-state index contributed by atoms with van der Waals surface area (Å²) in [5.74, 6) is -0.0655. The minimum absolute atomic E-state index is 0.0792. The number of nitrogens with one attached hydrogen (secondary N) is 1. The van der Waals surface area contributed by atoms with Crippen LogP contribution in [0.3, 0.4) is 0 Å². The lowest BCUT2D eigenvalue weighted by Crippen LogP contribution is -2.21. The Bertz CT molecular complexity index is 1210. The minimum atomic E-state index is -0.394. The van der Waals surface area contributed by atoms with Crippen molar-refractivity contribution in [1.29, 1.82) is 0 Å². The van der Waals surface area contributed by atoms with Crippen LogP contribution in [-0.2, 0) is 4.79 Å². The summed E-state index contributed by atoms with van der Waals surface area (Å²) in [4.78, 5) is 25.6. The Kier molecular flexibility index (Phi) is 6.01. The van der Waals surface area contributed by atoms with Crippen LogP contribution in [0.25, 0.3) is 11.0 Å². The molecule has 0 saturated heterocycles. The summed E-state index contributed by atoms with van der Waals surface area (Å²) >= 11 is 6.71. The third-order valence-electron chi connectivity index (χ3n) is 4.36. The Morgan fingerprint density at radius 3 is 2.20 bits per heavy atom. The second-order valence-electron chi connectivity index (χ2n) is 6.43. The average Bonchev–Trinajstić information content (AvgIpc) is 3.12. The van der Waals surface area contributed by atoms with Crippen LogP contribution in [0, 0.1) is 0 Å². The Morgan fingerprint density at radius 2 is 1.50 bits per heavy atom. The highest BCUT2D eigenvalue weighted by molar-refractivity contribution is 9.10. The zero-order valence-electron chi connectivity index (χ0n) is 15.5. The fourth-order valence-electron chi connectivity index (χ4n) is 2.92. The van der Waals surface area contributed by atoms with Gasteiger partial charge in [-0.15, -0.1) is 0 Å². The number of ether oxygens (including phenoxy) is 1. The molecule has 0 spiro atoms. The molecule has 5 nitrogen and oxygen atoms in total. The van der Waals surface area contributed by atoms with E-state index in [1.807, 2.05) is 24.3 Å². The molecule has 7 heteroatoms. The van der Waals surface area contributed by atoms with E-state index in [2.05, 4.69) is 37.2 Å². The smallest absolute Gasteiger partial charge is 0.262 e. The molecule has 4 aromatic rings. The minimum Gasteiger partial charge on any atom is -0.484 e. The van der Waals surface area contributed by atoms with Crippen LogP contribution in [0.2, 0.25) is 0 Å². The fraction of sp³-hybridized carbons (Fsp3) is 0.0435. The molecular weight excluding hydrogens is 514 g/mol. The quantitative estimate of drug-likeness (QED) is 0.302. The fourth-order valence-corrected chi connectivity index (χ4v) is 3.45. The molecule has 0 aliphatic rings. The second-order valence-corrected chi connectivity index (χ2v) is 8.26. The number of para-hydroxylation sites is 1. The molecule has 150 valence electrons. The van der Waals surface area contributed by atoms with Gasteiger partial charge in [0.25, 0.3) is 5.91 Å². The molecule has 0 radical (unpaired) electrons. The maximum atomic E-state index is 13.0. The summed E-state index contributed by atoms with van der Waals surface area (Å²) in [7, 11) is 0. The largest absolute Gasteiger partial charge is 0.484 e. The van der Waals surface area contributed by atoms with E-state index in [9.17, 15) is 9.59 Å². The average molecular weight is 529 g/mol. The SMILES string of the molecule is O=C(COc1ccc(Br)cc1)Nc1c(C(=O)c2ccc(Br)cc2)oc2ccccc12. The van der Waals surface area contributed by atoms with E-state index in [4.69, 9.17) is 9.15 Å². The lowest BCUT2D eigenvalue weighted by Gasteiger charge is -2.08. The number of hydrogen-bond donors (Lipinski definition) is 1. The van der Waals surface area contributed by atoms with Gasteiger partial charge in [-0.3, -0.25) is 9.59 Å². The Hall–Kier alpha value is -2.90. The number of fused-ring (bicyclic) bond motifs is 1. The van der Waals surface area contributed by atoms with Crippen LogP contribution in [0.15, 0.2) is 86.2 Å². The molecule has 1 amide bonds. The Morgan fingerprint density at radius 1 is 0.867 bits per heavy atom. The maximum Gasteiger partial charge on any atom is 0.262 e. The van der Waals surface area contributed by atoms with E-state index in [0.29, 0.717) is 28.0 Å². The number of carbonyl (C=O) groups excluding carboxylic acids is 2. The summed E-state index contributed by atoms with van der Waals surface area (Å²) in [5, 5.41) is 3.43. The van der Waals surface area contributed by atoms with Crippen LogP contribution < -0.4 is 10.1 Å². The van der Waals surface area contributed by atoms with E-state index in [0.717, 1.165) is 8.95 Å². The van der Waals surface area contributed by atoms with Crippen molar-refractivity contribution < 1.29 is 18.7 Å². The van der Waals surface area contributed by atoms with Crippen molar-refractivity contribution in [2.75, 3.05) is 11.9 Å². The number of rotatable bonds is 6. The van der Waals surface area contributed by atoms with Gasteiger partial charge in [-0.25, -0.2) is 0 Å². The highest BCUT2D eigenvalue weighted by Crippen LogP contribution is 2.32. The molecule has 3 aromatic carbocycles. The van der Waals surface area contributed by atoms with Crippen molar-refractivity contribution in [2.24, 2.45) is 0 Å². The van der Waals surface area contributed by atoms with Crippen LogP contribution in [0.1, 0.15) is 16.1 Å². The van der Waals surface area contributed by atoms with Crippen LogP contribution in [-0.4, -0.2) is 18.3 Å². The molecular formula is C23H15Br2NO4. The summed E-state index contributed by atoms with van der Waals surface area (Å²) in [6.07, 6.45) is 0. The monoisotopic (exact) mass is 527 g/mol. The van der Waals surface area contributed by atoms with Crippen molar-refractivity contribution in [3.05, 3.63) is 93.1 Å². The van der Waals surface area contributed by atoms with E-state index in [1.54, 1.807) is 48.5 Å². The van der Waals surface area contributed by atoms with E-state index in [1.165, 1.54) is 0 Å². The molecule has 1 aromatic heterocycles. The number of anilines is 1. The summed E-state index contributed by atoms with van der Waals surface area (Å²) < 4.78 is 13.1. The first-order chi connectivity index (χ1) is 14.5. The van der Waals surface area contributed by atoms with Crippen molar-refractivity contribution in [3.63, 3.8) is 0 Å². The van der Waals surface area contributed by atoms with Gasteiger partial charge >= 0.3 is 0 Å². The van der Waals surface area contributed by atoms with Gasteiger partial charge in [-0.2, -0.15) is 0 Å². The van der Waals surface area contributed by atoms with Gasteiger partial charge in [0.2, 0.25) is 5.78 Å². The Labute approximate surface area is 189 Å². The van der Waals surface area contributed by atoms with Gasteiger partial charge in [0, 0.05) is 19.9 Å². The molecule has 0 bridgehead atoms. The maximum absolute atomic E-state index is 13.0. The van der Waals surface area contributed by atoms with Crippen LogP contribution >= 0.6 is 31.9 Å². The van der Waals surface area contributed by atoms with Crippen molar-refractivity contribution >= 4 is 60.2 Å². The van der Waals surface area contributed by atoms with Gasteiger partial charge in [-0.05, 0) is 60.7 Å². The number of hydrogen-bond acceptors (Lipinski definition) is 4. The normalized spacial score (nSPS) is 10.7. The standard InChI is InChI=1S/C23H15Br2NO4/c24-15-7-5-14(6-8-15)22(28)23-21(18-3-1-2-4-19(18)30-23)26-20(27)13-29-17-11-9-16(25)10-12-17/h1-12H,13H2,(H,26,27). The number of halogens is 2. The first-order valence-corrected chi connectivity index (χ1v) is 10.6. The highest BCUT2D eigenvalue weighted by Gasteiger charge is 2.23. The molecule has 0 saturated carbocycles. The molecule has 4 rings (SSSR count). The van der Waals surface area contributed by atoms with Gasteiger partial charge in [-0.1, -0.05) is 44.0 Å². The van der Waals surface area contributed by atoms with Crippen LogP contribution in [0.5, 0.6) is 5.75 Å². The Balaban J connectivity index is 1.59. The molecule has 0 fully saturated rings. The van der Waals surface area contributed by atoms with E-state index in [-0.39, 0.29) is 18.2 Å². The second kappa shape index (κ2) is 8.85. The van der Waals surface area contributed by atoms with Gasteiger partial charge in [0.15, 0.2) is 12.4 Å². The van der Waals surface area contributed by atoms with Gasteiger partial charge in [0.05, 0.1) is 5.69 Å². The van der Waals surface area contributed by atoms with Crippen molar-refractivity contribution in [2.45, 2.75) is 0 Å². The number of furan rings is 1. The first kappa shape index (κ1) is 20.4. The van der Waals surface area contributed by atoms with E-state index >= 15 is 0 Å². The predicted molar refractivity (Wildman–Crippen MR) is 122 cm³/mol. The topological polar surface area (TPSA) is 68.5 Å². The number of amides is 1. The van der Waals surface area contributed by atoms with Gasteiger partial charge in [0.1, 0.15) is 11.3 Å². The zero-order chi connectivity index (χ0) is 21.1. The number of carbonyl (C=O) groups is 2. The molecule has 0 unspecified atom stereocenters. The highest BCUT2D eigenvalue weighted by atomic mass is 79.9. The van der Waals surface area contributed by atoms with Crippen molar-refractivity contribution in [1.82, 2.24) is 0 Å². The number of benzene rings is 3. The van der Waals surface area contributed by atoms with Crippen LogP contribution in [0.4, 0.5) is 5.69 Å². The third kappa shape index (κ3) is 4.47. The molecule has 0 aliphatic carbocycles. The molecule has 1 N–H and O–H groups in total. The van der Waals surface area contributed by atoms with E-state index < -0.39 is 5.91 Å². The molecule has 30 heavy (non-hydrogen) atoms. The van der Waals surface area contributed by atoms with Crippen molar-refractivity contribution in [3.8, 4) is 5.75 Å². The molecule has 1 heterocycles. The lowest BCUT2D eigenvalue weighted by atomic mass is 10.1. The first-order valence-electron chi connectivity index (χ1n) is 9.01. The number of ketones is 1. The summed E-state index contributed by atoms with van der Waals surface area (Å²) in [5.41, 5.74) is 1.31. The van der Waals surface area contributed by atoms with Gasteiger partial charge < -0.3 is 14.5 Å². The summed E-state index contributed by atoms with van der Waals surface area (Å²) in [6.45, 7) is -0.201.